The van der Waals surface area contributed by atoms with Crippen LogP contribution in [0.2, 0.25) is 0 Å². The average Bonchev–Trinajstić information content (AvgIpc) is 2.45. The zero-order valence-electron chi connectivity index (χ0n) is 12.0. The third-order valence-corrected chi connectivity index (χ3v) is 5.19. The largest absolute Gasteiger partial charge is 0.469 e. The molecule has 0 spiro atoms. The Kier molecular flexibility index (Phi) is 3.96. The van der Waals surface area contributed by atoms with Gasteiger partial charge in [-0.1, -0.05) is 0 Å². The minimum absolute atomic E-state index is 0.149. The van der Waals surface area contributed by atoms with Crippen molar-refractivity contribution in [3.05, 3.63) is 0 Å². The highest BCUT2D eigenvalue weighted by atomic mass is 16.5. The van der Waals surface area contributed by atoms with Crippen LogP contribution in [0.3, 0.4) is 0 Å². The van der Waals surface area contributed by atoms with E-state index in [2.05, 4.69) is 0 Å². The van der Waals surface area contributed by atoms with Crippen molar-refractivity contribution in [2.45, 2.75) is 38.1 Å². The second-order valence-corrected chi connectivity index (χ2v) is 6.18. The standard InChI is InChI=1S/C15H23NO4/c1-19-15(18)12-5-4-11(12)14(17)16-7-2-3-10-9-20-8-6-13(10)16/h10-13H,2-9H2,1H3. The molecule has 0 aromatic carbocycles. The molecule has 3 rings (SSSR count). The third kappa shape index (κ3) is 2.32. The van der Waals surface area contributed by atoms with E-state index in [0.717, 1.165) is 51.9 Å². The lowest BCUT2D eigenvalue weighted by Gasteiger charge is -2.47. The molecule has 4 unspecified atom stereocenters. The smallest absolute Gasteiger partial charge is 0.309 e. The number of likely N-dealkylation sites (tertiary alicyclic amines) is 1. The maximum absolute atomic E-state index is 12.7. The van der Waals surface area contributed by atoms with Crippen LogP contribution in [-0.4, -0.2) is 49.7 Å². The molecule has 2 aliphatic heterocycles. The Bertz CT molecular complexity index is 395. The number of esters is 1. The topological polar surface area (TPSA) is 55.8 Å². The zero-order chi connectivity index (χ0) is 14.1. The fourth-order valence-corrected chi connectivity index (χ4v) is 3.88. The first kappa shape index (κ1) is 13.9. The van der Waals surface area contributed by atoms with Crippen LogP contribution in [0, 0.1) is 17.8 Å². The summed E-state index contributed by atoms with van der Waals surface area (Å²) < 4.78 is 10.3. The second kappa shape index (κ2) is 5.72. The quantitative estimate of drug-likeness (QED) is 0.714. The van der Waals surface area contributed by atoms with Crippen LogP contribution in [0.15, 0.2) is 0 Å². The zero-order valence-corrected chi connectivity index (χ0v) is 12.0. The van der Waals surface area contributed by atoms with Crippen LogP contribution in [0.25, 0.3) is 0 Å². The molecule has 0 aromatic heterocycles. The Morgan fingerprint density at radius 3 is 2.65 bits per heavy atom. The Labute approximate surface area is 119 Å². The van der Waals surface area contributed by atoms with Gasteiger partial charge in [0.2, 0.25) is 5.91 Å². The van der Waals surface area contributed by atoms with E-state index in [1.165, 1.54) is 7.11 Å². The number of piperidine rings is 1. The summed E-state index contributed by atoms with van der Waals surface area (Å²) in [6.45, 7) is 2.36. The van der Waals surface area contributed by atoms with E-state index in [0.29, 0.717) is 12.0 Å². The molecule has 0 bridgehead atoms. The van der Waals surface area contributed by atoms with Crippen molar-refractivity contribution in [3.63, 3.8) is 0 Å². The molecule has 4 atom stereocenters. The summed E-state index contributed by atoms with van der Waals surface area (Å²) in [5.74, 6) is 0.0632. The predicted molar refractivity (Wildman–Crippen MR) is 71.9 cm³/mol. The van der Waals surface area contributed by atoms with Crippen molar-refractivity contribution in [3.8, 4) is 0 Å². The van der Waals surface area contributed by atoms with E-state index in [1.54, 1.807) is 0 Å². The number of carbonyl (C=O) groups is 2. The second-order valence-electron chi connectivity index (χ2n) is 6.18. The van der Waals surface area contributed by atoms with E-state index >= 15 is 0 Å². The molecule has 5 nitrogen and oxygen atoms in total. The summed E-state index contributed by atoms with van der Waals surface area (Å²) in [6.07, 6.45) is 4.74. The van der Waals surface area contributed by atoms with Crippen molar-refractivity contribution in [1.29, 1.82) is 0 Å². The molecule has 2 saturated heterocycles. The first-order chi connectivity index (χ1) is 9.72. The third-order valence-electron chi connectivity index (χ3n) is 5.19. The summed E-state index contributed by atoms with van der Waals surface area (Å²) in [7, 11) is 1.40. The number of hydrogen-bond acceptors (Lipinski definition) is 4. The maximum Gasteiger partial charge on any atom is 0.309 e. The van der Waals surface area contributed by atoms with Gasteiger partial charge in [0, 0.05) is 25.1 Å². The number of nitrogens with zero attached hydrogens (tertiary/aromatic N) is 1. The Morgan fingerprint density at radius 1 is 1.15 bits per heavy atom. The van der Waals surface area contributed by atoms with Crippen molar-refractivity contribution >= 4 is 11.9 Å². The number of ether oxygens (including phenoxy) is 2. The summed E-state index contributed by atoms with van der Waals surface area (Å²) in [4.78, 5) is 26.4. The minimum Gasteiger partial charge on any atom is -0.469 e. The highest BCUT2D eigenvalue weighted by Gasteiger charge is 2.46. The van der Waals surface area contributed by atoms with Crippen LogP contribution >= 0.6 is 0 Å². The van der Waals surface area contributed by atoms with Crippen molar-refractivity contribution in [2.75, 3.05) is 26.9 Å². The molecule has 0 aromatic rings. The summed E-state index contributed by atoms with van der Waals surface area (Å²) in [6, 6.07) is 0.323. The summed E-state index contributed by atoms with van der Waals surface area (Å²) in [5, 5.41) is 0. The highest BCUT2D eigenvalue weighted by Crippen LogP contribution is 2.39. The normalized spacial score (nSPS) is 36.8. The summed E-state index contributed by atoms with van der Waals surface area (Å²) in [5.41, 5.74) is 0. The lowest BCUT2D eigenvalue weighted by atomic mass is 9.72. The molecule has 20 heavy (non-hydrogen) atoms. The molecule has 1 amide bonds. The number of fused-ring (bicyclic) bond motifs is 1. The lowest BCUT2D eigenvalue weighted by molar-refractivity contribution is -0.163. The Morgan fingerprint density at radius 2 is 1.95 bits per heavy atom. The van der Waals surface area contributed by atoms with E-state index in [1.807, 2.05) is 4.90 Å². The molecule has 0 radical (unpaired) electrons. The maximum atomic E-state index is 12.7. The van der Waals surface area contributed by atoms with Gasteiger partial charge in [0.15, 0.2) is 0 Å². The Balaban J connectivity index is 1.68. The molecule has 2 heterocycles. The SMILES string of the molecule is COC(=O)C1CCC1C(=O)N1CCCC2COCCC21. The predicted octanol–water partition coefficient (Wildman–Crippen LogP) is 1.21. The number of amides is 1. The van der Waals surface area contributed by atoms with Gasteiger partial charge in [0.1, 0.15) is 0 Å². The molecule has 1 saturated carbocycles. The monoisotopic (exact) mass is 281 g/mol. The van der Waals surface area contributed by atoms with Crippen LogP contribution in [0.5, 0.6) is 0 Å². The van der Waals surface area contributed by atoms with Gasteiger partial charge in [-0.2, -0.15) is 0 Å². The van der Waals surface area contributed by atoms with Gasteiger partial charge in [-0.15, -0.1) is 0 Å². The number of rotatable bonds is 2. The minimum atomic E-state index is -0.227. The lowest BCUT2D eigenvalue weighted by Crippen LogP contribution is -2.56. The van der Waals surface area contributed by atoms with Gasteiger partial charge in [-0.25, -0.2) is 0 Å². The first-order valence-corrected chi connectivity index (χ1v) is 7.68. The summed E-state index contributed by atoms with van der Waals surface area (Å²) >= 11 is 0. The molecular formula is C15H23NO4. The first-order valence-electron chi connectivity index (χ1n) is 7.68. The van der Waals surface area contributed by atoms with E-state index in [9.17, 15) is 9.59 Å². The van der Waals surface area contributed by atoms with Crippen LogP contribution in [0.4, 0.5) is 0 Å². The van der Waals surface area contributed by atoms with Gasteiger partial charge in [0.05, 0.1) is 25.6 Å². The molecule has 3 aliphatic rings. The number of carbonyl (C=O) groups excluding carboxylic acids is 2. The van der Waals surface area contributed by atoms with Gasteiger partial charge in [0.25, 0.3) is 0 Å². The van der Waals surface area contributed by atoms with Crippen LogP contribution in [0.1, 0.15) is 32.1 Å². The van der Waals surface area contributed by atoms with Crippen molar-refractivity contribution in [2.24, 2.45) is 17.8 Å². The van der Waals surface area contributed by atoms with E-state index in [4.69, 9.17) is 9.47 Å². The fraction of sp³-hybridized carbons (Fsp3) is 0.867. The molecule has 112 valence electrons. The molecule has 5 heteroatoms. The molecule has 3 fully saturated rings. The Hall–Kier alpha value is -1.10. The fourth-order valence-electron chi connectivity index (χ4n) is 3.88. The van der Waals surface area contributed by atoms with E-state index < -0.39 is 0 Å². The highest BCUT2D eigenvalue weighted by molar-refractivity contribution is 5.87. The van der Waals surface area contributed by atoms with Gasteiger partial charge in [-0.3, -0.25) is 9.59 Å². The molecule has 0 N–H and O–H groups in total. The molecule has 1 aliphatic carbocycles. The van der Waals surface area contributed by atoms with E-state index in [-0.39, 0.29) is 23.7 Å². The van der Waals surface area contributed by atoms with Gasteiger partial charge < -0.3 is 14.4 Å². The average molecular weight is 281 g/mol. The van der Waals surface area contributed by atoms with Gasteiger partial charge in [-0.05, 0) is 32.1 Å². The van der Waals surface area contributed by atoms with Crippen molar-refractivity contribution in [1.82, 2.24) is 4.90 Å². The van der Waals surface area contributed by atoms with Crippen LogP contribution < -0.4 is 0 Å². The van der Waals surface area contributed by atoms with Gasteiger partial charge >= 0.3 is 5.97 Å². The number of methoxy groups -OCH3 is 1. The van der Waals surface area contributed by atoms with Crippen LogP contribution in [-0.2, 0) is 19.1 Å². The van der Waals surface area contributed by atoms with Crippen molar-refractivity contribution < 1.29 is 19.1 Å². The molecular weight excluding hydrogens is 258 g/mol. The number of hydrogen-bond donors (Lipinski definition) is 0.